The van der Waals surface area contributed by atoms with E-state index >= 15 is 0 Å². The largest absolute Gasteiger partial charge is 0.352 e. The minimum Gasteiger partial charge on any atom is -0.352 e. The molecule has 2 aromatic carbocycles. The Morgan fingerprint density at radius 3 is 2.18 bits per heavy atom. The summed E-state index contributed by atoms with van der Waals surface area (Å²) in [5.74, 6) is -0.716. The average molecular weight is 488 g/mol. The Morgan fingerprint density at radius 1 is 0.971 bits per heavy atom. The lowest BCUT2D eigenvalue weighted by Gasteiger charge is -2.32. The Morgan fingerprint density at radius 2 is 1.62 bits per heavy atom. The molecule has 7 nitrogen and oxygen atoms in total. The van der Waals surface area contributed by atoms with Crippen LogP contribution in [-0.2, 0) is 26.2 Å². The van der Waals surface area contributed by atoms with E-state index < -0.39 is 28.5 Å². The van der Waals surface area contributed by atoms with E-state index in [1.807, 2.05) is 65.0 Å². The number of hydrogen-bond donors (Lipinski definition) is 1. The average Bonchev–Trinajstić information content (AvgIpc) is 2.77. The molecule has 8 heteroatoms. The predicted molar refractivity (Wildman–Crippen MR) is 137 cm³/mol. The number of nitrogens with zero attached hydrogens (tertiary/aromatic N) is 2. The second-order valence-corrected chi connectivity index (χ2v) is 10.9. The van der Waals surface area contributed by atoms with E-state index in [1.165, 1.54) is 4.90 Å². The van der Waals surface area contributed by atoms with Crippen molar-refractivity contribution < 1.29 is 18.0 Å². The van der Waals surface area contributed by atoms with Gasteiger partial charge in [-0.3, -0.25) is 13.9 Å². The second-order valence-electron chi connectivity index (χ2n) is 8.98. The first-order valence-corrected chi connectivity index (χ1v) is 13.4. The molecule has 0 aliphatic rings. The Labute approximate surface area is 204 Å². The van der Waals surface area contributed by atoms with Gasteiger partial charge in [-0.15, -0.1) is 0 Å². The molecular weight excluding hydrogens is 450 g/mol. The molecule has 0 aliphatic heterocycles. The van der Waals surface area contributed by atoms with Gasteiger partial charge in [0.15, 0.2) is 0 Å². The Hall–Kier alpha value is -2.87. The highest BCUT2D eigenvalue weighted by molar-refractivity contribution is 7.92. The number of hydrogen-bond acceptors (Lipinski definition) is 4. The zero-order valence-corrected chi connectivity index (χ0v) is 22.1. The molecule has 0 spiro atoms. The van der Waals surface area contributed by atoms with Crippen molar-refractivity contribution in [1.29, 1.82) is 0 Å². The van der Waals surface area contributed by atoms with Gasteiger partial charge >= 0.3 is 0 Å². The smallest absolute Gasteiger partial charge is 0.244 e. The van der Waals surface area contributed by atoms with Crippen LogP contribution in [0.1, 0.15) is 49.4 Å². The van der Waals surface area contributed by atoms with E-state index in [0.717, 1.165) is 39.2 Å². The topological polar surface area (TPSA) is 86.8 Å². The van der Waals surface area contributed by atoms with Crippen LogP contribution in [0.25, 0.3) is 0 Å². The van der Waals surface area contributed by atoms with Crippen LogP contribution < -0.4 is 9.62 Å². The summed E-state index contributed by atoms with van der Waals surface area (Å²) in [6.07, 6.45) is 1.85. The van der Waals surface area contributed by atoms with Gasteiger partial charge in [0.25, 0.3) is 0 Å². The van der Waals surface area contributed by atoms with Crippen LogP contribution in [0.4, 0.5) is 5.69 Å². The third-order valence-corrected chi connectivity index (χ3v) is 7.37. The number of amides is 2. The van der Waals surface area contributed by atoms with Crippen molar-refractivity contribution in [2.75, 3.05) is 17.1 Å². The summed E-state index contributed by atoms with van der Waals surface area (Å²) in [6.45, 7) is 11.1. The fourth-order valence-electron chi connectivity index (χ4n) is 3.51. The molecule has 1 N–H and O–H groups in total. The number of sulfonamides is 1. The van der Waals surface area contributed by atoms with Gasteiger partial charge in [0.1, 0.15) is 12.6 Å². The minimum absolute atomic E-state index is 0.0339. The Bertz CT molecular complexity index is 1130. The minimum atomic E-state index is -3.74. The highest BCUT2D eigenvalue weighted by Crippen LogP contribution is 2.22. The fraction of sp³-hybridized carbons (Fsp3) is 0.462. The van der Waals surface area contributed by atoms with Crippen LogP contribution in [0.2, 0.25) is 0 Å². The van der Waals surface area contributed by atoms with Gasteiger partial charge < -0.3 is 10.2 Å². The van der Waals surface area contributed by atoms with Crippen molar-refractivity contribution >= 4 is 27.5 Å². The summed E-state index contributed by atoms with van der Waals surface area (Å²) in [5, 5.41) is 2.93. The fourth-order valence-corrected chi connectivity index (χ4v) is 4.36. The van der Waals surface area contributed by atoms with Crippen molar-refractivity contribution in [3.63, 3.8) is 0 Å². The van der Waals surface area contributed by atoms with Gasteiger partial charge in [-0.1, -0.05) is 37.3 Å². The molecule has 0 bridgehead atoms. The molecule has 0 unspecified atom stereocenters. The van der Waals surface area contributed by atoms with Crippen LogP contribution >= 0.6 is 0 Å². The highest BCUT2D eigenvalue weighted by atomic mass is 32.2. The lowest BCUT2D eigenvalue weighted by molar-refractivity contribution is -0.139. The monoisotopic (exact) mass is 487 g/mol. The van der Waals surface area contributed by atoms with E-state index in [0.29, 0.717) is 5.69 Å². The standard InChI is InChI=1S/C26H37N3O4S/c1-8-21(5)27-26(31)22(6)28(16-23-12-10-9-11-19(23)3)25(30)17-29(34(7,32)33)24-14-13-18(2)20(4)15-24/h9-15,21-22H,8,16-17H2,1-7H3,(H,27,31)/t21-,22+/m0/s1. The summed E-state index contributed by atoms with van der Waals surface area (Å²) in [4.78, 5) is 28.0. The van der Waals surface area contributed by atoms with Crippen LogP contribution in [0.3, 0.4) is 0 Å². The van der Waals surface area contributed by atoms with Crippen LogP contribution in [0, 0.1) is 20.8 Å². The number of aryl methyl sites for hydroxylation is 3. The van der Waals surface area contributed by atoms with E-state index in [2.05, 4.69) is 5.32 Å². The maximum atomic E-state index is 13.6. The first-order valence-electron chi connectivity index (χ1n) is 11.5. The molecule has 0 radical (unpaired) electrons. The summed E-state index contributed by atoms with van der Waals surface area (Å²) < 4.78 is 26.4. The molecule has 2 atom stereocenters. The van der Waals surface area contributed by atoms with Crippen molar-refractivity contribution in [1.82, 2.24) is 10.2 Å². The van der Waals surface area contributed by atoms with Crippen LogP contribution in [0.15, 0.2) is 42.5 Å². The van der Waals surface area contributed by atoms with Gasteiger partial charge in [-0.2, -0.15) is 0 Å². The Balaban J connectivity index is 2.42. The summed E-state index contributed by atoms with van der Waals surface area (Å²) >= 11 is 0. The maximum absolute atomic E-state index is 13.6. The van der Waals surface area contributed by atoms with E-state index in [-0.39, 0.29) is 18.5 Å². The third kappa shape index (κ3) is 7.06. The lowest BCUT2D eigenvalue weighted by atomic mass is 10.1. The highest BCUT2D eigenvalue weighted by Gasteiger charge is 2.30. The molecule has 2 aromatic rings. The predicted octanol–water partition coefficient (Wildman–Crippen LogP) is 3.71. The molecule has 0 heterocycles. The first-order chi connectivity index (χ1) is 15.8. The maximum Gasteiger partial charge on any atom is 0.244 e. The molecule has 2 rings (SSSR count). The van der Waals surface area contributed by atoms with E-state index in [1.54, 1.807) is 19.1 Å². The first kappa shape index (κ1) is 27.4. The molecule has 34 heavy (non-hydrogen) atoms. The SMILES string of the molecule is CC[C@H](C)NC(=O)[C@@H](C)N(Cc1ccccc1C)C(=O)CN(c1ccc(C)c(C)c1)S(C)(=O)=O. The van der Waals surface area contributed by atoms with Gasteiger partial charge in [0, 0.05) is 12.6 Å². The molecule has 0 aliphatic carbocycles. The molecule has 0 fully saturated rings. The number of nitrogens with one attached hydrogen (secondary N) is 1. The normalized spacial score (nSPS) is 13.1. The molecular formula is C26H37N3O4S. The van der Waals surface area contributed by atoms with Crippen molar-refractivity contribution in [2.24, 2.45) is 0 Å². The number of rotatable bonds is 10. The van der Waals surface area contributed by atoms with E-state index in [4.69, 9.17) is 0 Å². The summed E-state index contributed by atoms with van der Waals surface area (Å²) in [5.41, 5.74) is 4.27. The van der Waals surface area contributed by atoms with Gasteiger partial charge in [-0.05, 0) is 75.4 Å². The van der Waals surface area contributed by atoms with Gasteiger partial charge in [0.05, 0.1) is 11.9 Å². The zero-order valence-electron chi connectivity index (χ0n) is 21.3. The van der Waals surface area contributed by atoms with Crippen molar-refractivity contribution in [3.8, 4) is 0 Å². The molecule has 0 saturated carbocycles. The molecule has 0 saturated heterocycles. The van der Waals surface area contributed by atoms with E-state index in [9.17, 15) is 18.0 Å². The van der Waals surface area contributed by atoms with Gasteiger partial charge in [0.2, 0.25) is 21.8 Å². The van der Waals surface area contributed by atoms with Gasteiger partial charge in [-0.25, -0.2) is 8.42 Å². The number of carbonyl (C=O) groups is 2. The number of carbonyl (C=O) groups excluding carboxylic acids is 2. The number of benzene rings is 2. The van der Waals surface area contributed by atoms with Crippen molar-refractivity contribution in [2.45, 2.75) is 66.6 Å². The Kier molecular flexibility index (Phi) is 9.27. The molecule has 0 aromatic heterocycles. The third-order valence-electron chi connectivity index (χ3n) is 6.23. The van der Waals surface area contributed by atoms with Crippen molar-refractivity contribution in [3.05, 3.63) is 64.7 Å². The second kappa shape index (κ2) is 11.5. The van der Waals surface area contributed by atoms with Crippen LogP contribution in [0.5, 0.6) is 0 Å². The summed E-state index contributed by atoms with van der Waals surface area (Å²) in [7, 11) is -3.74. The molecule has 186 valence electrons. The summed E-state index contributed by atoms with van der Waals surface area (Å²) in [6, 6.07) is 12.1. The van der Waals surface area contributed by atoms with Crippen LogP contribution in [-0.4, -0.2) is 50.0 Å². The zero-order chi connectivity index (χ0) is 25.6. The molecule has 2 amide bonds. The number of anilines is 1. The quantitative estimate of drug-likeness (QED) is 0.554. The lowest BCUT2D eigenvalue weighted by Crippen LogP contribution is -2.52.